The van der Waals surface area contributed by atoms with E-state index in [-0.39, 0.29) is 12.3 Å². The number of hydrogen-bond donors (Lipinski definition) is 1. The second kappa shape index (κ2) is 5.11. The van der Waals surface area contributed by atoms with Gasteiger partial charge in [-0.1, -0.05) is 0 Å². The highest BCUT2D eigenvalue weighted by Crippen LogP contribution is 2.22. The summed E-state index contributed by atoms with van der Waals surface area (Å²) in [6, 6.07) is 0. The van der Waals surface area contributed by atoms with Crippen molar-refractivity contribution in [3.05, 3.63) is 27.7 Å². The Morgan fingerprint density at radius 2 is 2.06 bits per heavy atom. The Balaban J connectivity index is 3.23. The van der Waals surface area contributed by atoms with Crippen LogP contribution < -0.4 is 10.2 Å². The molecule has 1 heterocycles. The summed E-state index contributed by atoms with van der Waals surface area (Å²) in [5.41, 5.74) is -1.84. The normalized spacial score (nSPS) is 11.2. The van der Waals surface area contributed by atoms with Crippen molar-refractivity contribution in [2.24, 2.45) is 0 Å². The fourth-order valence-electron chi connectivity index (χ4n) is 1.20. The van der Waals surface area contributed by atoms with Crippen LogP contribution in [-0.2, 0) is 4.74 Å². The molecule has 0 aliphatic heterocycles. The van der Waals surface area contributed by atoms with Gasteiger partial charge < -0.3 is 14.5 Å². The maximum absolute atomic E-state index is 12.1. The van der Waals surface area contributed by atoms with Gasteiger partial charge in [-0.2, -0.15) is 0 Å². The summed E-state index contributed by atoms with van der Waals surface area (Å²) in [5.74, 6) is -1.97. The lowest BCUT2D eigenvalue weighted by Gasteiger charge is -2.11. The maximum Gasteiger partial charge on any atom is 0.573 e. The van der Waals surface area contributed by atoms with E-state index in [4.69, 9.17) is 0 Å². The minimum Gasteiger partial charge on any atom is -0.462 e. The summed E-state index contributed by atoms with van der Waals surface area (Å²) in [6.07, 6.45) is -4.02. The molecule has 0 aliphatic carbocycles. The van der Waals surface area contributed by atoms with Crippen LogP contribution in [0.25, 0.3) is 0 Å². The zero-order valence-corrected chi connectivity index (χ0v) is 9.55. The van der Waals surface area contributed by atoms with Crippen LogP contribution in [0.4, 0.5) is 13.2 Å². The molecule has 18 heavy (non-hydrogen) atoms. The van der Waals surface area contributed by atoms with E-state index < -0.39 is 29.1 Å². The van der Waals surface area contributed by atoms with E-state index in [1.54, 1.807) is 0 Å². The number of ether oxygens (including phenoxy) is 2. The number of aromatic amines is 1. The Bertz CT molecular complexity index is 507. The van der Waals surface area contributed by atoms with E-state index in [0.717, 1.165) is 6.20 Å². The Kier molecular flexibility index (Phi) is 4.00. The average molecular weight is 265 g/mol. The lowest BCUT2D eigenvalue weighted by Crippen LogP contribution is -2.26. The fraction of sp³-hybridized carbons (Fsp3) is 0.400. The SMILES string of the molecule is CCOC(=O)c1c[nH]c(C)c(OC(F)(F)F)c1=O. The average Bonchev–Trinajstić information content (AvgIpc) is 2.23. The standard InChI is InChI=1S/C10H10F3NO4/c1-3-17-9(16)6-4-14-5(2)8(7(6)15)18-10(11,12)13/h4H,3H2,1-2H3,(H,14,15). The monoisotopic (exact) mass is 265 g/mol. The van der Waals surface area contributed by atoms with Crippen LogP contribution in [-0.4, -0.2) is 23.9 Å². The highest BCUT2D eigenvalue weighted by Gasteiger charge is 2.34. The summed E-state index contributed by atoms with van der Waals surface area (Å²) >= 11 is 0. The smallest absolute Gasteiger partial charge is 0.462 e. The van der Waals surface area contributed by atoms with Crippen LogP contribution in [0.2, 0.25) is 0 Å². The number of H-pyrrole nitrogens is 1. The Labute approximate surface area is 99.5 Å². The van der Waals surface area contributed by atoms with Crippen molar-refractivity contribution >= 4 is 5.97 Å². The second-order valence-electron chi connectivity index (χ2n) is 3.25. The first-order chi connectivity index (χ1) is 8.26. The Morgan fingerprint density at radius 1 is 1.44 bits per heavy atom. The van der Waals surface area contributed by atoms with Gasteiger partial charge in [0.05, 0.1) is 12.3 Å². The molecule has 5 nitrogen and oxygen atoms in total. The van der Waals surface area contributed by atoms with E-state index in [2.05, 4.69) is 14.5 Å². The molecule has 0 saturated heterocycles. The van der Waals surface area contributed by atoms with Gasteiger partial charge in [0.25, 0.3) is 0 Å². The number of hydrogen-bond acceptors (Lipinski definition) is 4. The third kappa shape index (κ3) is 3.25. The van der Waals surface area contributed by atoms with E-state index in [9.17, 15) is 22.8 Å². The van der Waals surface area contributed by atoms with Crippen LogP contribution in [0.3, 0.4) is 0 Å². The molecule has 0 saturated carbocycles. The molecular formula is C10H10F3NO4. The van der Waals surface area contributed by atoms with Gasteiger partial charge in [-0.3, -0.25) is 4.79 Å². The number of aryl methyl sites for hydroxylation is 1. The molecule has 0 unspecified atom stereocenters. The summed E-state index contributed by atoms with van der Waals surface area (Å²) < 4.78 is 44.4. The van der Waals surface area contributed by atoms with Crippen molar-refractivity contribution in [3.63, 3.8) is 0 Å². The van der Waals surface area contributed by atoms with Crippen LogP contribution >= 0.6 is 0 Å². The first kappa shape index (κ1) is 14.1. The van der Waals surface area contributed by atoms with E-state index >= 15 is 0 Å². The lowest BCUT2D eigenvalue weighted by atomic mass is 10.2. The zero-order chi connectivity index (χ0) is 13.9. The Morgan fingerprint density at radius 3 is 2.56 bits per heavy atom. The van der Waals surface area contributed by atoms with Gasteiger partial charge in [0.1, 0.15) is 5.56 Å². The number of pyridine rings is 1. The van der Waals surface area contributed by atoms with Gasteiger partial charge in [0.15, 0.2) is 5.75 Å². The molecule has 8 heteroatoms. The molecule has 0 aromatic carbocycles. The number of carbonyl (C=O) groups is 1. The predicted octanol–water partition coefficient (Wildman–Crippen LogP) is 1.76. The first-order valence-corrected chi connectivity index (χ1v) is 4.91. The molecule has 1 N–H and O–H groups in total. The molecule has 0 fully saturated rings. The fourth-order valence-corrected chi connectivity index (χ4v) is 1.20. The summed E-state index contributed by atoms with van der Waals surface area (Å²) in [4.78, 5) is 25.3. The van der Waals surface area contributed by atoms with Gasteiger partial charge in [-0.25, -0.2) is 4.79 Å². The van der Waals surface area contributed by atoms with Crippen LogP contribution in [0.1, 0.15) is 23.0 Å². The van der Waals surface area contributed by atoms with Crippen molar-refractivity contribution in [1.29, 1.82) is 0 Å². The number of carbonyl (C=O) groups excluding carboxylic acids is 1. The molecule has 1 aromatic rings. The number of esters is 1. The predicted molar refractivity (Wildman–Crippen MR) is 54.4 cm³/mol. The minimum absolute atomic E-state index is 0.00160. The van der Waals surface area contributed by atoms with Gasteiger partial charge in [-0.05, 0) is 13.8 Å². The van der Waals surface area contributed by atoms with E-state index in [0.29, 0.717) is 0 Å². The van der Waals surface area contributed by atoms with E-state index in [1.165, 1.54) is 13.8 Å². The summed E-state index contributed by atoms with van der Waals surface area (Å²) in [5, 5.41) is 0. The number of halogens is 3. The van der Waals surface area contributed by atoms with Crippen molar-refractivity contribution in [2.45, 2.75) is 20.2 Å². The van der Waals surface area contributed by atoms with Crippen molar-refractivity contribution in [3.8, 4) is 5.75 Å². The Hall–Kier alpha value is -1.99. The number of aromatic nitrogens is 1. The van der Waals surface area contributed by atoms with Gasteiger partial charge >= 0.3 is 12.3 Å². The van der Waals surface area contributed by atoms with Gasteiger partial charge in [0, 0.05) is 6.20 Å². The second-order valence-corrected chi connectivity index (χ2v) is 3.25. The first-order valence-electron chi connectivity index (χ1n) is 4.91. The molecule has 1 rings (SSSR count). The third-order valence-electron chi connectivity index (χ3n) is 1.94. The summed E-state index contributed by atoms with van der Waals surface area (Å²) in [6.45, 7) is 2.73. The third-order valence-corrected chi connectivity index (χ3v) is 1.94. The number of nitrogens with one attached hydrogen (secondary N) is 1. The number of alkyl halides is 3. The van der Waals surface area contributed by atoms with E-state index in [1.807, 2.05) is 0 Å². The zero-order valence-electron chi connectivity index (χ0n) is 9.55. The lowest BCUT2D eigenvalue weighted by molar-refractivity contribution is -0.275. The molecule has 0 aliphatic rings. The molecule has 1 aromatic heterocycles. The molecule has 0 radical (unpaired) electrons. The van der Waals surface area contributed by atoms with Crippen molar-refractivity contribution in [2.75, 3.05) is 6.61 Å². The quantitative estimate of drug-likeness (QED) is 0.845. The topological polar surface area (TPSA) is 68.4 Å². The molecular weight excluding hydrogens is 255 g/mol. The van der Waals surface area contributed by atoms with Crippen molar-refractivity contribution < 1.29 is 27.4 Å². The largest absolute Gasteiger partial charge is 0.573 e. The van der Waals surface area contributed by atoms with Gasteiger partial charge in [0.2, 0.25) is 5.43 Å². The number of rotatable bonds is 3. The maximum atomic E-state index is 12.1. The molecule has 0 atom stereocenters. The van der Waals surface area contributed by atoms with Crippen LogP contribution in [0, 0.1) is 6.92 Å². The molecule has 0 spiro atoms. The highest BCUT2D eigenvalue weighted by atomic mass is 19.4. The van der Waals surface area contributed by atoms with Crippen LogP contribution in [0.5, 0.6) is 5.75 Å². The molecule has 0 amide bonds. The van der Waals surface area contributed by atoms with Gasteiger partial charge in [-0.15, -0.1) is 13.2 Å². The highest BCUT2D eigenvalue weighted by molar-refractivity contribution is 5.89. The minimum atomic E-state index is -5.01. The molecule has 100 valence electrons. The summed E-state index contributed by atoms with van der Waals surface area (Å²) in [7, 11) is 0. The van der Waals surface area contributed by atoms with Crippen molar-refractivity contribution in [1.82, 2.24) is 4.98 Å². The molecule has 0 bridgehead atoms. The van der Waals surface area contributed by atoms with Crippen LogP contribution in [0.15, 0.2) is 11.0 Å².